The third kappa shape index (κ3) is 2.26. The monoisotopic (exact) mass is 190 g/mol. The molecular weight excluding hydrogens is 177 g/mol. The summed E-state index contributed by atoms with van der Waals surface area (Å²) in [5.41, 5.74) is 0. The van der Waals surface area contributed by atoms with Gasteiger partial charge in [0.2, 0.25) is 0 Å². The molecular formula is C7H13NO3P+. The average molecular weight is 190 g/mol. The van der Waals surface area contributed by atoms with Crippen molar-refractivity contribution in [2.75, 3.05) is 13.2 Å². The number of carbonyl (C=O) groups excluding carboxylic acids is 1. The van der Waals surface area contributed by atoms with Crippen LogP contribution in [0.2, 0.25) is 0 Å². The molecule has 0 aromatic carbocycles. The van der Waals surface area contributed by atoms with Crippen LogP contribution in [0, 0.1) is 0 Å². The Hall–Kier alpha value is -0.470. The minimum atomic E-state index is -1.90. The summed E-state index contributed by atoms with van der Waals surface area (Å²) in [6.07, 6.45) is 2.35. The second-order valence-corrected chi connectivity index (χ2v) is 3.85. The summed E-state index contributed by atoms with van der Waals surface area (Å²) in [4.78, 5) is 11.2. The minimum absolute atomic E-state index is 0.0455. The lowest BCUT2D eigenvalue weighted by atomic mass is 10.2. The first kappa shape index (κ1) is 9.62. The van der Waals surface area contributed by atoms with Crippen molar-refractivity contribution in [1.29, 1.82) is 0 Å². The second-order valence-electron chi connectivity index (χ2n) is 2.63. The molecule has 4 nitrogen and oxygen atoms in total. The van der Waals surface area contributed by atoms with Crippen LogP contribution in [0.25, 0.3) is 0 Å². The van der Waals surface area contributed by atoms with Crippen LogP contribution in [0.5, 0.6) is 0 Å². The van der Waals surface area contributed by atoms with Crippen molar-refractivity contribution in [1.82, 2.24) is 4.67 Å². The third-order valence-electron chi connectivity index (χ3n) is 1.74. The molecule has 1 unspecified atom stereocenters. The first-order valence-electron chi connectivity index (χ1n) is 4.16. The number of hydrogen-bond acceptors (Lipinski definition) is 3. The van der Waals surface area contributed by atoms with E-state index in [1.807, 2.05) is 0 Å². The fraction of sp³-hybridized carbons (Fsp3) is 0.857. The molecule has 0 N–H and O–H groups in total. The molecule has 1 aliphatic rings. The molecule has 1 rings (SSSR count). The topological polar surface area (TPSA) is 46.6 Å². The van der Waals surface area contributed by atoms with Crippen LogP contribution in [0.4, 0.5) is 0 Å². The molecule has 0 bridgehead atoms. The Morgan fingerprint density at radius 2 is 2.33 bits per heavy atom. The Labute approximate surface area is 72.8 Å². The number of carbonyl (C=O) groups is 1. The molecule has 1 amide bonds. The van der Waals surface area contributed by atoms with Crippen LogP contribution in [0.3, 0.4) is 0 Å². The highest BCUT2D eigenvalue weighted by atomic mass is 31.1. The van der Waals surface area contributed by atoms with E-state index in [0.717, 1.165) is 12.8 Å². The van der Waals surface area contributed by atoms with Gasteiger partial charge in [-0.05, 0) is 24.3 Å². The summed E-state index contributed by atoms with van der Waals surface area (Å²) in [6.45, 7) is 2.73. The second kappa shape index (κ2) is 4.53. The van der Waals surface area contributed by atoms with E-state index in [2.05, 4.69) is 0 Å². The van der Waals surface area contributed by atoms with Gasteiger partial charge in [-0.2, -0.15) is 0 Å². The highest BCUT2D eigenvalue weighted by molar-refractivity contribution is 7.37. The number of amides is 1. The van der Waals surface area contributed by atoms with Gasteiger partial charge in [0.05, 0.1) is 6.54 Å². The maximum absolute atomic E-state index is 11.2. The molecule has 5 heteroatoms. The predicted molar refractivity (Wildman–Crippen MR) is 44.8 cm³/mol. The van der Waals surface area contributed by atoms with Gasteiger partial charge in [0.25, 0.3) is 5.91 Å². The van der Waals surface area contributed by atoms with E-state index in [9.17, 15) is 9.36 Å². The lowest BCUT2D eigenvalue weighted by Gasteiger charge is -2.14. The Balaban J connectivity index is 2.48. The number of piperidine rings is 1. The smallest absolute Gasteiger partial charge is 0.271 e. The maximum atomic E-state index is 11.2. The van der Waals surface area contributed by atoms with Gasteiger partial charge in [0, 0.05) is 6.42 Å². The average Bonchev–Trinajstić information content (AvgIpc) is 2.05. The highest BCUT2D eigenvalue weighted by Crippen LogP contribution is 2.31. The fourth-order valence-electron chi connectivity index (χ4n) is 1.14. The van der Waals surface area contributed by atoms with Crippen LogP contribution in [-0.2, 0) is 13.9 Å². The summed E-state index contributed by atoms with van der Waals surface area (Å²) in [6, 6.07) is 0. The Kier molecular flexibility index (Phi) is 3.63. The van der Waals surface area contributed by atoms with E-state index < -0.39 is 8.18 Å². The SMILES string of the molecule is CCO[P+](=O)N1CCCCC1=O. The molecule has 1 aliphatic heterocycles. The van der Waals surface area contributed by atoms with E-state index >= 15 is 0 Å². The van der Waals surface area contributed by atoms with Gasteiger partial charge in [0.1, 0.15) is 6.61 Å². The molecule has 1 heterocycles. The normalized spacial score (nSPS) is 19.6. The lowest BCUT2D eigenvalue weighted by molar-refractivity contribution is -0.128. The van der Waals surface area contributed by atoms with E-state index in [-0.39, 0.29) is 5.91 Å². The Morgan fingerprint density at radius 3 is 2.92 bits per heavy atom. The highest BCUT2D eigenvalue weighted by Gasteiger charge is 2.36. The van der Waals surface area contributed by atoms with Crippen molar-refractivity contribution in [3.8, 4) is 0 Å². The predicted octanol–water partition coefficient (Wildman–Crippen LogP) is 1.69. The van der Waals surface area contributed by atoms with Crippen LogP contribution in [0.15, 0.2) is 0 Å². The van der Waals surface area contributed by atoms with E-state index in [1.165, 1.54) is 4.67 Å². The molecule has 0 aromatic rings. The molecule has 0 aliphatic carbocycles. The summed E-state index contributed by atoms with van der Waals surface area (Å²) in [5.74, 6) is -0.0455. The van der Waals surface area contributed by atoms with Crippen molar-refractivity contribution in [3.05, 3.63) is 0 Å². The van der Waals surface area contributed by atoms with E-state index in [0.29, 0.717) is 19.6 Å². The van der Waals surface area contributed by atoms with E-state index in [1.54, 1.807) is 6.92 Å². The zero-order valence-electron chi connectivity index (χ0n) is 7.15. The molecule has 1 fully saturated rings. The van der Waals surface area contributed by atoms with Gasteiger partial charge in [-0.1, -0.05) is 0 Å². The van der Waals surface area contributed by atoms with Crippen LogP contribution >= 0.6 is 8.18 Å². The summed E-state index contributed by atoms with van der Waals surface area (Å²) >= 11 is 0. The maximum Gasteiger partial charge on any atom is 0.648 e. The molecule has 0 aromatic heterocycles. The van der Waals surface area contributed by atoms with Gasteiger partial charge < -0.3 is 0 Å². The van der Waals surface area contributed by atoms with E-state index in [4.69, 9.17) is 4.52 Å². The molecule has 0 radical (unpaired) electrons. The fourth-order valence-corrected chi connectivity index (χ4v) is 2.09. The number of hydrogen-bond donors (Lipinski definition) is 0. The first-order chi connectivity index (χ1) is 5.75. The molecule has 1 saturated heterocycles. The van der Waals surface area contributed by atoms with Crippen molar-refractivity contribution < 1.29 is 13.9 Å². The lowest BCUT2D eigenvalue weighted by Crippen LogP contribution is -2.29. The molecule has 68 valence electrons. The Morgan fingerprint density at radius 1 is 1.58 bits per heavy atom. The zero-order valence-corrected chi connectivity index (χ0v) is 8.05. The minimum Gasteiger partial charge on any atom is -0.271 e. The third-order valence-corrected chi connectivity index (χ3v) is 3.03. The molecule has 12 heavy (non-hydrogen) atoms. The van der Waals surface area contributed by atoms with Gasteiger partial charge in [-0.3, -0.25) is 4.79 Å². The van der Waals surface area contributed by atoms with Crippen molar-refractivity contribution in [2.45, 2.75) is 26.2 Å². The van der Waals surface area contributed by atoms with Gasteiger partial charge in [0.15, 0.2) is 0 Å². The van der Waals surface area contributed by atoms with Crippen LogP contribution in [0.1, 0.15) is 26.2 Å². The summed E-state index contributed by atoms with van der Waals surface area (Å²) in [5, 5.41) is 0. The summed E-state index contributed by atoms with van der Waals surface area (Å²) < 4.78 is 17.4. The van der Waals surface area contributed by atoms with Gasteiger partial charge >= 0.3 is 8.18 Å². The number of nitrogens with zero attached hydrogens (tertiary/aromatic N) is 1. The molecule has 0 saturated carbocycles. The zero-order chi connectivity index (χ0) is 8.97. The molecule has 0 spiro atoms. The number of rotatable bonds is 3. The van der Waals surface area contributed by atoms with Crippen LogP contribution in [-0.4, -0.2) is 23.7 Å². The Bertz CT molecular complexity index is 195. The van der Waals surface area contributed by atoms with Crippen molar-refractivity contribution >= 4 is 14.1 Å². The molecule has 1 atom stereocenters. The van der Waals surface area contributed by atoms with Gasteiger partial charge in [-0.25, -0.2) is 0 Å². The van der Waals surface area contributed by atoms with Gasteiger partial charge in [-0.15, -0.1) is 9.19 Å². The van der Waals surface area contributed by atoms with Crippen molar-refractivity contribution in [3.63, 3.8) is 0 Å². The standard InChI is InChI=1S/C7H13NO3P/c1-2-11-12(10)8-6-4-3-5-7(8)9/h2-6H2,1H3/q+1. The quantitative estimate of drug-likeness (QED) is 0.636. The first-order valence-corrected chi connectivity index (χ1v) is 5.29. The largest absolute Gasteiger partial charge is 0.648 e. The van der Waals surface area contributed by atoms with Crippen LogP contribution < -0.4 is 0 Å². The summed E-state index contributed by atoms with van der Waals surface area (Å²) in [7, 11) is -1.90. The van der Waals surface area contributed by atoms with Crippen molar-refractivity contribution in [2.24, 2.45) is 0 Å².